The first-order valence-electron chi connectivity index (χ1n) is 8.69. The van der Waals surface area contributed by atoms with Crippen LogP contribution in [0.1, 0.15) is 52.8 Å². The van der Waals surface area contributed by atoms with E-state index in [2.05, 4.69) is 11.9 Å². The first-order chi connectivity index (χ1) is 12.0. The molecule has 1 aromatic heterocycles. The second kappa shape index (κ2) is 7.75. The van der Waals surface area contributed by atoms with Crippen LogP contribution in [0.4, 0.5) is 0 Å². The van der Waals surface area contributed by atoms with E-state index in [0.717, 1.165) is 18.4 Å². The molecule has 0 radical (unpaired) electrons. The lowest BCUT2D eigenvalue weighted by molar-refractivity contribution is -0.147. The van der Waals surface area contributed by atoms with E-state index >= 15 is 0 Å². The number of carbonyl (C=O) groups excluding carboxylic acids is 1. The largest absolute Gasteiger partial charge is 0.457 e. The van der Waals surface area contributed by atoms with Crippen LogP contribution in [0.5, 0.6) is 0 Å². The summed E-state index contributed by atoms with van der Waals surface area (Å²) in [6.07, 6.45) is 2.25. The Morgan fingerprint density at radius 3 is 2.58 bits per heavy atom. The fraction of sp³-hybridized carbons (Fsp3) is 0.556. The number of esters is 1. The van der Waals surface area contributed by atoms with Crippen molar-refractivity contribution in [3.05, 3.63) is 24.0 Å². The molecule has 0 aliphatic rings. The number of aryl methyl sites for hydroxylation is 1. The fourth-order valence-electron chi connectivity index (χ4n) is 2.64. The highest BCUT2D eigenvalue weighted by Gasteiger charge is 2.19. The standard InChI is InChI=1S/C18H27N3O4S/c1-5-6-9-21-15-8-7-13(26(19,23)24)10-14(15)20-16(21)12-25-17(22)11-18(2,3)4/h7-8,10H,5-6,9,11-12H2,1-4H3,(H2,19,23,24). The van der Waals surface area contributed by atoms with Gasteiger partial charge in [0.1, 0.15) is 12.4 Å². The summed E-state index contributed by atoms with van der Waals surface area (Å²) in [6.45, 7) is 8.77. The zero-order chi connectivity index (χ0) is 19.5. The molecule has 144 valence electrons. The van der Waals surface area contributed by atoms with Gasteiger partial charge in [0.25, 0.3) is 0 Å². The zero-order valence-electron chi connectivity index (χ0n) is 15.8. The number of imidazole rings is 1. The highest BCUT2D eigenvalue weighted by molar-refractivity contribution is 7.89. The van der Waals surface area contributed by atoms with Gasteiger partial charge in [-0.25, -0.2) is 18.5 Å². The molecule has 2 N–H and O–H groups in total. The summed E-state index contributed by atoms with van der Waals surface area (Å²) < 4.78 is 30.5. The van der Waals surface area contributed by atoms with Crippen LogP contribution in [0, 0.1) is 5.41 Å². The molecule has 0 fully saturated rings. The maximum Gasteiger partial charge on any atom is 0.306 e. The first-order valence-corrected chi connectivity index (χ1v) is 10.2. The highest BCUT2D eigenvalue weighted by atomic mass is 32.2. The second-order valence-electron chi connectivity index (χ2n) is 7.63. The van der Waals surface area contributed by atoms with Crippen LogP contribution in [0.3, 0.4) is 0 Å². The van der Waals surface area contributed by atoms with Crippen LogP contribution in [-0.2, 0) is 32.7 Å². The van der Waals surface area contributed by atoms with Crippen LogP contribution in [0.2, 0.25) is 0 Å². The molecule has 0 unspecified atom stereocenters. The summed E-state index contributed by atoms with van der Waals surface area (Å²) in [5, 5.41) is 5.20. The number of nitrogens with zero attached hydrogens (tertiary/aromatic N) is 2. The smallest absolute Gasteiger partial charge is 0.306 e. The number of unbranched alkanes of at least 4 members (excludes halogenated alkanes) is 1. The minimum absolute atomic E-state index is 0.0152. The van der Waals surface area contributed by atoms with Gasteiger partial charge in [-0.15, -0.1) is 0 Å². The zero-order valence-corrected chi connectivity index (χ0v) is 16.6. The molecular formula is C18H27N3O4S. The Hall–Kier alpha value is -1.93. The maximum absolute atomic E-state index is 12.0. The van der Waals surface area contributed by atoms with Crippen LogP contribution >= 0.6 is 0 Å². The van der Waals surface area contributed by atoms with Gasteiger partial charge in [-0.05, 0) is 30.0 Å². The lowest BCUT2D eigenvalue weighted by Gasteiger charge is -2.16. The molecule has 0 aliphatic heterocycles. The third-order valence-electron chi connectivity index (χ3n) is 3.90. The molecule has 8 heteroatoms. The lowest BCUT2D eigenvalue weighted by Crippen LogP contribution is -2.16. The lowest BCUT2D eigenvalue weighted by atomic mass is 9.93. The molecule has 2 rings (SSSR count). The molecule has 1 heterocycles. The molecule has 0 aliphatic carbocycles. The molecule has 0 bridgehead atoms. The summed E-state index contributed by atoms with van der Waals surface area (Å²) in [5.74, 6) is 0.319. The number of fused-ring (bicyclic) bond motifs is 1. The van der Waals surface area contributed by atoms with Gasteiger partial charge in [0, 0.05) is 6.54 Å². The molecule has 0 saturated heterocycles. The van der Waals surface area contributed by atoms with E-state index in [1.54, 1.807) is 6.07 Å². The normalized spacial score (nSPS) is 12.5. The van der Waals surface area contributed by atoms with E-state index < -0.39 is 10.0 Å². The van der Waals surface area contributed by atoms with Crippen LogP contribution in [0.15, 0.2) is 23.1 Å². The number of carbonyl (C=O) groups is 1. The Morgan fingerprint density at radius 2 is 2.00 bits per heavy atom. The van der Waals surface area contributed by atoms with E-state index in [4.69, 9.17) is 9.88 Å². The van der Waals surface area contributed by atoms with Gasteiger partial charge < -0.3 is 9.30 Å². The van der Waals surface area contributed by atoms with Gasteiger partial charge in [0.15, 0.2) is 0 Å². The van der Waals surface area contributed by atoms with Crippen molar-refractivity contribution in [1.29, 1.82) is 0 Å². The van der Waals surface area contributed by atoms with Crippen molar-refractivity contribution in [1.82, 2.24) is 9.55 Å². The van der Waals surface area contributed by atoms with Crippen molar-refractivity contribution < 1.29 is 17.9 Å². The predicted octanol–water partition coefficient (Wildman–Crippen LogP) is 2.96. The molecule has 0 atom stereocenters. The van der Waals surface area contributed by atoms with Crippen LogP contribution in [-0.4, -0.2) is 23.9 Å². The van der Waals surface area contributed by atoms with Gasteiger partial charge in [0.2, 0.25) is 10.0 Å². The van der Waals surface area contributed by atoms with E-state index in [1.165, 1.54) is 12.1 Å². The molecule has 26 heavy (non-hydrogen) atoms. The third-order valence-corrected chi connectivity index (χ3v) is 4.81. The second-order valence-corrected chi connectivity index (χ2v) is 9.19. The van der Waals surface area contributed by atoms with Gasteiger partial charge in [-0.3, -0.25) is 4.79 Å². The quantitative estimate of drug-likeness (QED) is 0.743. The molecular weight excluding hydrogens is 354 g/mol. The summed E-state index contributed by atoms with van der Waals surface area (Å²) in [4.78, 5) is 16.5. The van der Waals surface area contributed by atoms with E-state index in [0.29, 0.717) is 24.3 Å². The molecule has 7 nitrogen and oxygen atoms in total. The van der Waals surface area contributed by atoms with Crippen molar-refractivity contribution in [3.63, 3.8) is 0 Å². The number of primary sulfonamides is 1. The number of benzene rings is 1. The number of hydrogen-bond acceptors (Lipinski definition) is 5. The number of sulfonamides is 1. The summed E-state index contributed by atoms with van der Waals surface area (Å²) in [7, 11) is -3.80. The van der Waals surface area contributed by atoms with Gasteiger partial charge >= 0.3 is 5.97 Å². The Bertz CT molecular complexity index is 895. The van der Waals surface area contributed by atoms with Crippen molar-refractivity contribution in [2.24, 2.45) is 10.6 Å². The molecule has 2 aromatic rings. The van der Waals surface area contributed by atoms with Crippen molar-refractivity contribution >= 4 is 27.0 Å². The maximum atomic E-state index is 12.0. The Kier molecular flexibility index (Phi) is 6.08. The number of aromatic nitrogens is 2. The van der Waals surface area contributed by atoms with E-state index in [-0.39, 0.29) is 22.9 Å². The van der Waals surface area contributed by atoms with Gasteiger partial charge in [-0.2, -0.15) is 0 Å². The Labute approximate surface area is 154 Å². The number of rotatable bonds is 7. The molecule has 1 aromatic carbocycles. The average molecular weight is 381 g/mol. The summed E-state index contributed by atoms with van der Waals surface area (Å²) in [5.41, 5.74) is 1.17. The fourth-order valence-corrected chi connectivity index (χ4v) is 3.18. The minimum atomic E-state index is -3.80. The number of ether oxygens (including phenoxy) is 1. The van der Waals surface area contributed by atoms with Crippen molar-refractivity contribution in [2.75, 3.05) is 0 Å². The van der Waals surface area contributed by atoms with Crippen LogP contribution < -0.4 is 5.14 Å². The van der Waals surface area contributed by atoms with E-state index in [9.17, 15) is 13.2 Å². The van der Waals surface area contributed by atoms with Gasteiger partial charge in [-0.1, -0.05) is 34.1 Å². The monoisotopic (exact) mass is 381 g/mol. The Balaban J connectivity index is 2.32. The summed E-state index contributed by atoms with van der Waals surface area (Å²) >= 11 is 0. The van der Waals surface area contributed by atoms with Crippen molar-refractivity contribution in [3.8, 4) is 0 Å². The van der Waals surface area contributed by atoms with Crippen molar-refractivity contribution in [2.45, 2.75) is 65.0 Å². The highest BCUT2D eigenvalue weighted by Crippen LogP contribution is 2.23. The van der Waals surface area contributed by atoms with Crippen LogP contribution in [0.25, 0.3) is 11.0 Å². The topological polar surface area (TPSA) is 104 Å². The van der Waals surface area contributed by atoms with Gasteiger partial charge in [0.05, 0.1) is 22.3 Å². The van der Waals surface area contributed by atoms with E-state index in [1.807, 2.05) is 25.3 Å². The SMILES string of the molecule is CCCCn1c(COC(=O)CC(C)(C)C)nc2cc(S(N)(=O)=O)ccc21. The molecule has 0 spiro atoms. The molecule has 0 saturated carbocycles. The Morgan fingerprint density at radius 1 is 1.31 bits per heavy atom. The molecule has 0 amide bonds. The summed E-state index contributed by atoms with van der Waals surface area (Å²) in [6, 6.07) is 4.61. The average Bonchev–Trinajstić information content (AvgIpc) is 2.85. The minimum Gasteiger partial charge on any atom is -0.457 e. The first kappa shape index (κ1) is 20.4. The number of hydrogen-bond donors (Lipinski definition) is 1. The number of nitrogens with two attached hydrogens (primary N) is 1. The third kappa shape index (κ3) is 5.28. The predicted molar refractivity (Wildman–Crippen MR) is 99.9 cm³/mol.